The highest BCUT2D eigenvalue weighted by Gasteiger charge is 2.46. The lowest BCUT2D eigenvalue weighted by molar-refractivity contribution is -0.136. The summed E-state index contributed by atoms with van der Waals surface area (Å²) in [5.74, 6) is 2.58. The molecule has 1 aliphatic carbocycles. The normalized spacial score (nSPS) is 29.8. The molecular weight excluding hydrogens is 402 g/mol. The van der Waals surface area contributed by atoms with Gasteiger partial charge in [-0.05, 0) is 62.6 Å². The first-order valence-electron chi connectivity index (χ1n) is 12.2. The van der Waals surface area contributed by atoms with E-state index in [-0.39, 0.29) is 5.91 Å². The van der Waals surface area contributed by atoms with Crippen LogP contribution in [0.4, 0.5) is 0 Å². The molecule has 3 aliphatic heterocycles. The number of amides is 1. The minimum atomic E-state index is 0.225. The van der Waals surface area contributed by atoms with E-state index in [0.29, 0.717) is 42.4 Å². The third-order valence-corrected chi connectivity index (χ3v) is 7.94. The van der Waals surface area contributed by atoms with Crippen LogP contribution in [-0.4, -0.2) is 62.5 Å². The van der Waals surface area contributed by atoms with Gasteiger partial charge in [0.05, 0.1) is 6.04 Å². The Labute approximate surface area is 188 Å². The summed E-state index contributed by atoms with van der Waals surface area (Å²) in [4.78, 5) is 26.7. The summed E-state index contributed by atoms with van der Waals surface area (Å²) < 4.78 is 5.42. The maximum absolute atomic E-state index is 13.3. The van der Waals surface area contributed by atoms with Crippen molar-refractivity contribution in [2.45, 2.75) is 63.5 Å². The maximum Gasteiger partial charge on any atom is 0.227 e. The summed E-state index contributed by atoms with van der Waals surface area (Å²) in [6, 6.07) is 4.75. The topological polar surface area (TPSA) is 75.4 Å². The van der Waals surface area contributed by atoms with Crippen LogP contribution < -0.4 is 0 Å². The predicted molar refractivity (Wildman–Crippen MR) is 119 cm³/mol. The Morgan fingerprint density at radius 1 is 1.16 bits per heavy atom. The van der Waals surface area contributed by atoms with E-state index >= 15 is 0 Å². The number of piperidine rings is 3. The first-order chi connectivity index (χ1) is 15.8. The van der Waals surface area contributed by atoms with Gasteiger partial charge in [0.2, 0.25) is 17.6 Å². The van der Waals surface area contributed by atoms with Crippen LogP contribution in [0.1, 0.15) is 50.8 Å². The summed E-state index contributed by atoms with van der Waals surface area (Å²) in [6.45, 7) is 3.27. The van der Waals surface area contributed by atoms with Gasteiger partial charge in [0, 0.05) is 49.9 Å². The van der Waals surface area contributed by atoms with Gasteiger partial charge in [-0.2, -0.15) is 4.98 Å². The molecule has 2 aromatic heterocycles. The van der Waals surface area contributed by atoms with Crippen LogP contribution >= 0.6 is 0 Å². The zero-order valence-corrected chi connectivity index (χ0v) is 18.5. The number of pyridine rings is 1. The highest BCUT2D eigenvalue weighted by molar-refractivity contribution is 5.77. The van der Waals surface area contributed by atoms with Crippen molar-refractivity contribution in [1.82, 2.24) is 24.9 Å². The molecule has 2 bridgehead atoms. The first kappa shape index (κ1) is 20.1. The van der Waals surface area contributed by atoms with Gasteiger partial charge in [-0.3, -0.25) is 14.7 Å². The number of aromatic nitrogens is 3. The smallest absolute Gasteiger partial charge is 0.227 e. The molecule has 4 aliphatic rings. The number of rotatable bonds is 4. The van der Waals surface area contributed by atoms with Gasteiger partial charge in [0.15, 0.2) is 0 Å². The van der Waals surface area contributed by atoms with Gasteiger partial charge < -0.3 is 9.42 Å². The molecule has 2 aromatic rings. The minimum Gasteiger partial charge on any atom is -0.339 e. The molecule has 1 amide bonds. The lowest BCUT2D eigenvalue weighted by atomic mass is 9.68. The molecule has 4 unspecified atom stereocenters. The second-order valence-corrected chi connectivity index (χ2v) is 9.84. The lowest BCUT2D eigenvalue weighted by Crippen LogP contribution is -2.60. The van der Waals surface area contributed by atoms with E-state index in [4.69, 9.17) is 4.52 Å². The Hall–Kier alpha value is -2.54. The SMILES string of the molecule is O=C(CCc1nc(-c2ccncc2)no1)N1CCCC2=CC3CC(CN4CCCCC34)C21. The van der Waals surface area contributed by atoms with E-state index in [1.165, 1.54) is 37.8 Å². The fraction of sp³-hybridized carbons (Fsp3) is 0.600. The highest BCUT2D eigenvalue weighted by Crippen LogP contribution is 2.45. The van der Waals surface area contributed by atoms with Crippen LogP contribution in [0.5, 0.6) is 0 Å². The van der Waals surface area contributed by atoms with Crippen LogP contribution in [0.15, 0.2) is 40.7 Å². The summed E-state index contributed by atoms with van der Waals surface area (Å²) in [5, 5.41) is 4.07. The monoisotopic (exact) mass is 433 g/mol. The van der Waals surface area contributed by atoms with E-state index in [2.05, 4.69) is 31.0 Å². The highest BCUT2D eigenvalue weighted by atomic mass is 16.5. The molecule has 0 aromatic carbocycles. The molecule has 0 saturated carbocycles. The van der Waals surface area contributed by atoms with Crippen LogP contribution in [0.2, 0.25) is 0 Å². The Kier molecular flexibility index (Phi) is 5.29. The molecule has 7 nitrogen and oxygen atoms in total. The Balaban J connectivity index is 1.15. The minimum absolute atomic E-state index is 0.225. The second kappa shape index (κ2) is 8.43. The van der Waals surface area contributed by atoms with Gasteiger partial charge in [-0.1, -0.05) is 23.2 Å². The zero-order valence-electron chi connectivity index (χ0n) is 18.5. The Morgan fingerprint density at radius 2 is 2.06 bits per heavy atom. The third kappa shape index (κ3) is 3.66. The van der Waals surface area contributed by atoms with Crippen molar-refractivity contribution in [3.63, 3.8) is 0 Å². The van der Waals surface area contributed by atoms with E-state index in [1.54, 1.807) is 12.4 Å². The van der Waals surface area contributed by atoms with Crippen LogP contribution in [0.25, 0.3) is 11.4 Å². The van der Waals surface area contributed by atoms with Crippen molar-refractivity contribution in [3.8, 4) is 11.4 Å². The van der Waals surface area contributed by atoms with Crippen molar-refractivity contribution >= 4 is 5.91 Å². The number of nitrogens with zero attached hydrogens (tertiary/aromatic N) is 5. The average molecular weight is 434 g/mol. The van der Waals surface area contributed by atoms with Crippen molar-refractivity contribution < 1.29 is 9.32 Å². The van der Waals surface area contributed by atoms with Crippen molar-refractivity contribution in [3.05, 3.63) is 42.1 Å². The third-order valence-electron chi connectivity index (χ3n) is 7.94. The number of carbonyl (C=O) groups is 1. The van der Waals surface area contributed by atoms with Crippen molar-refractivity contribution in [1.29, 1.82) is 0 Å². The molecule has 168 valence electrons. The molecule has 3 saturated heterocycles. The van der Waals surface area contributed by atoms with Crippen LogP contribution in [-0.2, 0) is 11.2 Å². The second-order valence-electron chi connectivity index (χ2n) is 9.84. The fourth-order valence-corrected chi connectivity index (χ4v) is 6.59. The molecule has 6 rings (SSSR count). The molecule has 0 N–H and O–H groups in total. The molecule has 4 atom stereocenters. The van der Waals surface area contributed by atoms with Gasteiger partial charge in [0.1, 0.15) is 0 Å². The number of hydrogen-bond acceptors (Lipinski definition) is 6. The van der Waals surface area contributed by atoms with Gasteiger partial charge in [-0.15, -0.1) is 0 Å². The number of aryl methyl sites for hydroxylation is 1. The maximum atomic E-state index is 13.3. The van der Waals surface area contributed by atoms with Gasteiger partial charge >= 0.3 is 0 Å². The average Bonchev–Trinajstić information content (AvgIpc) is 3.32. The van der Waals surface area contributed by atoms with E-state index in [0.717, 1.165) is 37.5 Å². The number of hydrogen-bond donors (Lipinski definition) is 0. The fourth-order valence-electron chi connectivity index (χ4n) is 6.59. The molecular formula is C25H31N5O2. The largest absolute Gasteiger partial charge is 0.339 e. The molecule has 0 radical (unpaired) electrons. The number of carbonyl (C=O) groups excluding carboxylic acids is 1. The van der Waals surface area contributed by atoms with Gasteiger partial charge in [-0.25, -0.2) is 0 Å². The molecule has 7 heteroatoms. The van der Waals surface area contributed by atoms with Crippen LogP contribution in [0, 0.1) is 11.8 Å². The van der Waals surface area contributed by atoms with E-state index in [9.17, 15) is 4.79 Å². The first-order valence-corrected chi connectivity index (χ1v) is 12.2. The zero-order chi connectivity index (χ0) is 21.5. The molecule has 0 spiro atoms. The number of likely N-dealkylation sites (tertiary alicyclic amines) is 1. The predicted octanol–water partition coefficient (Wildman–Crippen LogP) is 3.49. The van der Waals surface area contributed by atoms with E-state index < -0.39 is 0 Å². The number of fused-ring (bicyclic) bond motifs is 6. The summed E-state index contributed by atoms with van der Waals surface area (Å²) in [6.07, 6.45) is 14.4. The molecule has 5 heterocycles. The summed E-state index contributed by atoms with van der Waals surface area (Å²) in [7, 11) is 0. The van der Waals surface area contributed by atoms with E-state index in [1.807, 2.05) is 12.1 Å². The van der Waals surface area contributed by atoms with Crippen molar-refractivity contribution in [2.75, 3.05) is 19.6 Å². The Bertz CT molecular complexity index is 1000. The lowest BCUT2D eigenvalue weighted by Gasteiger charge is -2.54. The van der Waals surface area contributed by atoms with Crippen molar-refractivity contribution in [2.24, 2.45) is 11.8 Å². The quantitative estimate of drug-likeness (QED) is 0.687. The summed E-state index contributed by atoms with van der Waals surface area (Å²) >= 11 is 0. The molecule has 3 fully saturated rings. The van der Waals surface area contributed by atoms with Crippen LogP contribution in [0.3, 0.4) is 0 Å². The molecule has 32 heavy (non-hydrogen) atoms. The standard InChI is InChI=1S/C25H31N5O2/c31-23(7-6-22-27-25(28-32-22)17-8-10-26-11-9-17)30-13-3-4-18-14-19-15-20(24(18)30)16-29-12-2-1-5-21(19)29/h8-11,14,19-21,24H,1-7,12-13,15-16H2. The summed E-state index contributed by atoms with van der Waals surface area (Å²) in [5.41, 5.74) is 2.41. The Morgan fingerprint density at radius 3 is 2.97 bits per heavy atom. The van der Waals surface area contributed by atoms with Gasteiger partial charge in [0.25, 0.3) is 0 Å².